The summed E-state index contributed by atoms with van der Waals surface area (Å²) >= 11 is 11.9. The summed E-state index contributed by atoms with van der Waals surface area (Å²) in [6.07, 6.45) is -0.0874. The van der Waals surface area contributed by atoms with E-state index in [4.69, 9.17) is 23.2 Å². The van der Waals surface area contributed by atoms with Crippen LogP contribution < -0.4 is 0 Å². The second kappa shape index (κ2) is 9.94. The Morgan fingerprint density at radius 2 is 1.48 bits per heavy atom. The lowest BCUT2D eigenvalue weighted by atomic mass is 9.90. The highest BCUT2D eigenvalue weighted by Crippen LogP contribution is 2.43. The predicted octanol–water partition coefficient (Wildman–Crippen LogP) is 5.11. The van der Waals surface area contributed by atoms with Crippen molar-refractivity contribution in [2.75, 3.05) is 7.11 Å². The summed E-state index contributed by atoms with van der Waals surface area (Å²) < 4.78 is 4.63. The minimum absolute atomic E-state index is 0.00601. The SMILES string of the molecule is COC(=O)CCc1cc(C(=O)c2cc(Cl)c(Cl)cc2C(=O)O)c(O)c(-c2ccccc2)c1O. The number of methoxy groups -OCH3 is 1. The third-order valence-electron chi connectivity index (χ3n) is 5.02. The molecule has 0 aliphatic heterocycles. The Bertz CT molecular complexity index is 1250. The molecule has 0 aromatic heterocycles. The summed E-state index contributed by atoms with van der Waals surface area (Å²) in [6, 6.07) is 11.7. The molecule has 7 nitrogen and oxygen atoms in total. The van der Waals surface area contributed by atoms with Gasteiger partial charge in [0.05, 0.1) is 33.8 Å². The number of aromatic carboxylic acids is 1. The summed E-state index contributed by atoms with van der Waals surface area (Å²) in [5, 5.41) is 31.3. The summed E-state index contributed by atoms with van der Waals surface area (Å²) in [5.41, 5.74) is -0.396. The van der Waals surface area contributed by atoms with Crippen molar-refractivity contribution in [3.63, 3.8) is 0 Å². The molecule has 0 unspecified atom stereocenters. The molecule has 0 atom stereocenters. The number of benzene rings is 3. The fourth-order valence-corrected chi connectivity index (χ4v) is 3.68. The van der Waals surface area contributed by atoms with Crippen LogP contribution in [0, 0.1) is 0 Å². The zero-order chi connectivity index (χ0) is 24.3. The lowest BCUT2D eigenvalue weighted by Gasteiger charge is -2.16. The van der Waals surface area contributed by atoms with Gasteiger partial charge in [0.25, 0.3) is 0 Å². The Morgan fingerprint density at radius 3 is 2.06 bits per heavy atom. The largest absolute Gasteiger partial charge is 0.507 e. The van der Waals surface area contributed by atoms with E-state index in [1.54, 1.807) is 30.3 Å². The van der Waals surface area contributed by atoms with Gasteiger partial charge in [0.2, 0.25) is 0 Å². The highest BCUT2D eigenvalue weighted by molar-refractivity contribution is 6.42. The lowest BCUT2D eigenvalue weighted by Crippen LogP contribution is -2.11. The lowest BCUT2D eigenvalue weighted by molar-refractivity contribution is -0.140. The van der Waals surface area contributed by atoms with Crippen molar-refractivity contribution >= 4 is 40.9 Å². The molecule has 0 aliphatic rings. The standard InChI is InChI=1S/C24H18Cl2O7/c1-33-19(27)8-7-13-9-16(23(30)20(21(13)28)12-5-3-2-4-6-12)22(29)14-10-17(25)18(26)11-15(14)24(31)32/h2-6,9-11,28,30H,7-8H2,1H3,(H,31,32). The molecule has 0 fully saturated rings. The highest BCUT2D eigenvalue weighted by atomic mass is 35.5. The van der Waals surface area contributed by atoms with Crippen LogP contribution in [0.2, 0.25) is 10.0 Å². The van der Waals surface area contributed by atoms with Crippen LogP contribution in [0.3, 0.4) is 0 Å². The molecule has 3 rings (SSSR count). The van der Waals surface area contributed by atoms with E-state index in [1.807, 2.05) is 0 Å². The smallest absolute Gasteiger partial charge is 0.336 e. The molecule has 0 spiro atoms. The summed E-state index contributed by atoms with van der Waals surface area (Å²) in [5.74, 6) is -3.65. The molecule has 3 aromatic carbocycles. The van der Waals surface area contributed by atoms with E-state index in [0.29, 0.717) is 5.56 Å². The Labute approximate surface area is 198 Å². The van der Waals surface area contributed by atoms with Gasteiger partial charge < -0.3 is 20.1 Å². The number of rotatable bonds is 7. The summed E-state index contributed by atoms with van der Waals surface area (Å²) in [6.45, 7) is 0. The van der Waals surface area contributed by atoms with Crippen molar-refractivity contribution in [3.8, 4) is 22.6 Å². The Balaban J connectivity index is 2.25. The molecule has 3 aromatic rings. The number of phenolic OH excluding ortho intramolecular Hbond substituents is 2. The number of esters is 1. The number of aromatic hydroxyl groups is 2. The Kier molecular flexibility index (Phi) is 7.26. The van der Waals surface area contributed by atoms with Crippen LogP contribution in [0.25, 0.3) is 11.1 Å². The maximum Gasteiger partial charge on any atom is 0.336 e. The molecule has 170 valence electrons. The van der Waals surface area contributed by atoms with Crippen LogP contribution in [0.15, 0.2) is 48.5 Å². The van der Waals surface area contributed by atoms with E-state index >= 15 is 0 Å². The minimum Gasteiger partial charge on any atom is -0.507 e. The molecule has 0 bridgehead atoms. The van der Waals surface area contributed by atoms with Gasteiger partial charge in [-0.3, -0.25) is 9.59 Å². The van der Waals surface area contributed by atoms with Crippen LogP contribution in [0.1, 0.15) is 38.3 Å². The number of ether oxygens (including phenoxy) is 1. The molecular weight excluding hydrogens is 471 g/mol. The fourth-order valence-electron chi connectivity index (χ4n) is 3.36. The number of halogens is 2. The number of carbonyl (C=O) groups is 3. The van der Waals surface area contributed by atoms with Gasteiger partial charge in [-0.25, -0.2) is 4.79 Å². The van der Waals surface area contributed by atoms with Crippen LogP contribution in [-0.2, 0) is 16.0 Å². The fraction of sp³-hybridized carbons (Fsp3) is 0.125. The minimum atomic E-state index is -1.41. The number of hydrogen-bond acceptors (Lipinski definition) is 6. The van der Waals surface area contributed by atoms with Crippen molar-refractivity contribution < 1.29 is 34.4 Å². The quantitative estimate of drug-likeness (QED) is 0.312. The van der Waals surface area contributed by atoms with Gasteiger partial charge in [-0.05, 0) is 35.7 Å². The zero-order valence-corrected chi connectivity index (χ0v) is 18.8. The van der Waals surface area contributed by atoms with Gasteiger partial charge >= 0.3 is 11.9 Å². The molecule has 3 N–H and O–H groups in total. The zero-order valence-electron chi connectivity index (χ0n) is 17.3. The molecule has 0 amide bonds. The maximum absolute atomic E-state index is 13.4. The van der Waals surface area contributed by atoms with Gasteiger partial charge in [0.1, 0.15) is 11.5 Å². The third kappa shape index (κ3) is 4.94. The molecule has 33 heavy (non-hydrogen) atoms. The van der Waals surface area contributed by atoms with Crippen LogP contribution >= 0.6 is 23.2 Å². The second-order valence-corrected chi connectivity index (χ2v) is 7.86. The van der Waals surface area contributed by atoms with Crippen molar-refractivity contribution in [2.24, 2.45) is 0 Å². The van der Waals surface area contributed by atoms with E-state index < -0.39 is 29.0 Å². The van der Waals surface area contributed by atoms with Gasteiger partial charge in [-0.15, -0.1) is 0 Å². The van der Waals surface area contributed by atoms with Crippen molar-refractivity contribution in [2.45, 2.75) is 12.8 Å². The maximum atomic E-state index is 13.4. The number of carbonyl (C=O) groups excluding carboxylic acids is 2. The first-order valence-corrected chi connectivity index (χ1v) is 10.4. The van der Waals surface area contributed by atoms with Gasteiger partial charge in [0.15, 0.2) is 5.78 Å². The average molecular weight is 489 g/mol. The first-order chi connectivity index (χ1) is 15.6. The first kappa shape index (κ1) is 24.1. The predicted molar refractivity (Wildman–Crippen MR) is 122 cm³/mol. The Morgan fingerprint density at radius 1 is 0.879 bits per heavy atom. The molecule has 9 heteroatoms. The number of hydrogen-bond donors (Lipinski definition) is 3. The number of carboxylic acids is 1. The van der Waals surface area contributed by atoms with Gasteiger partial charge in [0, 0.05) is 12.0 Å². The van der Waals surface area contributed by atoms with Crippen molar-refractivity contribution in [1.82, 2.24) is 0 Å². The van der Waals surface area contributed by atoms with E-state index in [0.717, 1.165) is 12.1 Å². The highest BCUT2D eigenvalue weighted by Gasteiger charge is 2.27. The normalized spacial score (nSPS) is 10.6. The molecule has 0 saturated heterocycles. The number of ketones is 1. The molecular formula is C24H18Cl2O7. The van der Waals surface area contributed by atoms with Gasteiger partial charge in [-0.2, -0.15) is 0 Å². The topological polar surface area (TPSA) is 121 Å². The Hall–Kier alpha value is -3.55. The van der Waals surface area contributed by atoms with E-state index in [1.165, 1.54) is 13.2 Å². The molecule has 0 radical (unpaired) electrons. The van der Waals surface area contributed by atoms with Crippen molar-refractivity contribution in [1.29, 1.82) is 0 Å². The number of aryl methyl sites for hydroxylation is 1. The average Bonchev–Trinajstić information content (AvgIpc) is 2.80. The van der Waals surface area contributed by atoms with E-state index in [2.05, 4.69) is 4.74 Å². The first-order valence-electron chi connectivity index (χ1n) is 9.62. The van der Waals surface area contributed by atoms with Crippen LogP contribution in [0.5, 0.6) is 11.5 Å². The van der Waals surface area contributed by atoms with E-state index in [9.17, 15) is 29.7 Å². The molecule has 0 heterocycles. The van der Waals surface area contributed by atoms with Gasteiger partial charge in [-0.1, -0.05) is 53.5 Å². The monoisotopic (exact) mass is 488 g/mol. The van der Waals surface area contributed by atoms with Crippen molar-refractivity contribution in [3.05, 3.63) is 80.8 Å². The van der Waals surface area contributed by atoms with E-state index in [-0.39, 0.29) is 50.9 Å². The summed E-state index contributed by atoms with van der Waals surface area (Å²) in [7, 11) is 1.22. The van der Waals surface area contributed by atoms with Crippen LogP contribution in [0.4, 0.5) is 0 Å². The second-order valence-electron chi connectivity index (χ2n) is 7.04. The number of carboxylic acid groups (broad SMARTS) is 1. The summed E-state index contributed by atoms with van der Waals surface area (Å²) in [4.78, 5) is 36.8. The van der Waals surface area contributed by atoms with Crippen LogP contribution in [-0.4, -0.2) is 40.2 Å². The number of phenols is 2. The third-order valence-corrected chi connectivity index (χ3v) is 5.74. The molecule has 0 saturated carbocycles. The molecule has 0 aliphatic carbocycles.